The van der Waals surface area contributed by atoms with Gasteiger partial charge in [-0.3, -0.25) is 0 Å². The second-order valence-corrected chi connectivity index (χ2v) is 5.03. The summed E-state index contributed by atoms with van der Waals surface area (Å²) in [5.41, 5.74) is 2.19. The van der Waals surface area contributed by atoms with Crippen LogP contribution < -0.4 is 4.74 Å². The highest BCUT2D eigenvalue weighted by molar-refractivity contribution is 5.95. The number of azo groups is 1. The second-order valence-electron chi connectivity index (χ2n) is 5.03. The predicted molar refractivity (Wildman–Crippen MR) is 87.5 cm³/mol. The van der Waals surface area contributed by atoms with Crippen LogP contribution in [0.1, 0.15) is 5.56 Å². The summed E-state index contributed by atoms with van der Waals surface area (Å²) in [6, 6.07) is 16.9. The molecule has 0 aliphatic rings. The van der Waals surface area contributed by atoms with E-state index in [2.05, 4.69) is 10.2 Å². The Labute approximate surface area is 128 Å². The van der Waals surface area contributed by atoms with E-state index in [1.54, 1.807) is 13.2 Å². The summed E-state index contributed by atoms with van der Waals surface area (Å²) in [7, 11) is 1.59. The maximum Gasteiger partial charge on any atom is 0.146 e. The minimum absolute atomic E-state index is 0.108. The Hall–Kier alpha value is -2.88. The lowest BCUT2D eigenvalue weighted by Crippen LogP contribution is -1.82. The molecule has 0 aliphatic carbocycles. The lowest BCUT2D eigenvalue weighted by molar-refractivity contribution is 0.416. The van der Waals surface area contributed by atoms with Crippen molar-refractivity contribution >= 4 is 22.1 Å². The Morgan fingerprint density at radius 1 is 0.955 bits per heavy atom. The minimum atomic E-state index is 0.108. The highest BCUT2D eigenvalue weighted by Gasteiger charge is 2.07. The van der Waals surface area contributed by atoms with Crippen molar-refractivity contribution in [2.45, 2.75) is 6.92 Å². The molecular formula is C18H16N2O2. The van der Waals surface area contributed by atoms with Gasteiger partial charge < -0.3 is 9.84 Å². The van der Waals surface area contributed by atoms with Gasteiger partial charge in [0.1, 0.15) is 22.9 Å². The van der Waals surface area contributed by atoms with Gasteiger partial charge in [0.05, 0.1) is 7.11 Å². The molecule has 4 nitrogen and oxygen atoms in total. The van der Waals surface area contributed by atoms with E-state index in [4.69, 9.17) is 4.74 Å². The van der Waals surface area contributed by atoms with Gasteiger partial charge in [-0.05, 0) is 36.6 Å². The molecule has 0 amide bonds. The molecule has 0 radical (unpaired) electrons. The van der Waals surface area contributed by atoms with Crippen LogP contribution >= 0.6 is 0 Å². The van der Waals surface area contributed by atoms with Crippen LogP contribution in [0.4, 0.5) is 11.4 Å². The van der Waals surface area contributed by atoms with Crippen LogP contribution in [0, 0.1) is 6.92 Å². The smallest absolute Gasteiger partial charge is 0.146 e. The summed E-state index contributed by atoms with van der Waals surface area (Å²) in [5, 5.41) is 20.5. The number of methoxy groups -OCH3 is 1. The molecule has 0 unspecified atom stereocenters. The van der Waals surface area contributed by atoms with E-state index in [1.807, 2.05) is 55.5 Å². The van der Waals surface area contributed by atoms with Crippen LogP contribution in [-0.2, 0) is 0 Å². The largest absolute Gasteiger partial charge is 0.506 e. The first-order valence-corrected chi connectivity index (χ1v) is 6.96. The summed E-state index contributed by atoms with van der Waals surface area (Å²) in [6.07, 6.45) is 0. The molecule has 0 heterocycles. The number of para-hydroxylation sites is 1. The third kappa shape index (κ3) is 2.63. The van der Waals surface area contributed by atoms with Crippen LogP contribution in [0.25, 0.3) is 10.8 Å². The number of aryl methyl sites for hydroxylation is 1. The number of nitrogens with zero attached hydrogens (tertiary/aromatic N) is 2. The van der Waals surface area contributed by atoms with Crippen LogP contribution in [0.5, 0.6) is 11.5 Å². The molecule has 0 atom stereocenters. The Balaban J connectivity index is 2.12. The fraction of sp³-hybridized carbons (Fsp3) is 0.111. The van der Waals surface area contributed by atoms with Crippen molar-refractivity contribution in [3.63, 3.8) is 0 Å². The monoisotopic (exact) mass is 292 g/mol. The first kappa shape index (κ1) is 14.1. The molecule has 0 aromatic heterocycles. The molecule has 4 heteroatoms. The Morgan fingerprint density at radius 2 is 1.73 bits per heavy atom. The molecule has 3 rings (SSSR count). The van der Waals surface area contributed by atoms with Crippen LogP contribution in [-0.4, -0.2) is 12.2 Å². The van der Waals surface area contributed by atoms with E-state index in [9.17, 15) is 5.11 Å². The minimum Gasteiger partial charge on any atom is -0.506 e. The van der Waals surface area contributed by atoms with E-state index in [-0.39, 0.29) is 5.75 Å². The highest BCUT2D eigenvalue weighted by Crippen LogP contribution is 2.37. The number of hydrogen-bond donors (Lipinski definition) is 1. The molecular weight excluding hydrogens is 276 g/mol. The lowest BCUT2D eigenvalue weighted by Gasteiger charge is -2.06. The number of rotatable bonds is 3. The predicted octanol–water partition coefficient (Wildman–Crippen LogP) is 5.28. The molecule has 22 heavy (non-hydrogen) atoms. The van der Waals surface area contributed by atoms with Gasteiger partial charge in [-0.25, -0.2) is 0 Å². The molecule has 110 valence electrons. The van der Waals surface area contributed by atoms with Crippen molar-refractivity contribution in [1.29, 1.82) is 0 Å². The van der Waals surface area contributed by atoms with Gasteiger partial charge in [0.2, 0.25) is 0 Å². The van der Waals surface area contributed by atoms with Crippen molar-refractivity contribution in [3.8, 4) is 11.5 Å². The molecule has 1 N–H and O–H groups in total. The average molecular weight is 292 g/mol. The Morgan fingerprint density at radius 3 is 2.55 bits per heavy atom. The Bertz CT molecular complexity index is 852. The first-order valence-electron chi connectivity index (χ1n) is 6.96. The van der Waals surface area contributed by atoms with Gasteiger partial charge >= 0.3 is 0 Å². The highest BCUT2D eigenvalue weighted by atomic mass is 16.5. The van der Waals surface area contributed by atoms with Crippen LogP contribution in [0.3, 0.4) is 0 Å². The normalized spacial score (nSPS) is 11.2. The average Bonchev–Trinajstić information content (AvgIpc) is 2.54. The van der Waals surface area contributed by atoms with Crippen LogP contribution in [0.15, 0.2) is 64.8 Å². The first-order chi connectivity index (χ1) is 10.7. The molecule has 3 aromatic carbocycles. The summed E-state index contributed by atoms with van der Waals surface area (Å²) >= 11 is 0. The molecule has 0 spiro atoms. The van der Waals surface area contributed by atoms with Gasteiger partial charge in [-0.2, -0.15) is 0 Å². The van der Waals surface area contributed by atoms with E-state index < -0.39 is 0 Å². The third-order valence-electron chi connectivity index (χ3n) is 3.47. The van der Waals surface area contributed by atoms with E-state index in [0.29, 0.717) is 17.1 Å². The second kappa shape index (κ2) is 5.85. The Kier molecular flexibility index (Phi) is 3.74. The van der Waals surface area contributed by atoms with Crippen molar-refractivity contribution < 1.29 is 9.84 Å². The lowest BCUT2D eigenvalue weighted by atomic mass is 10.1. The number of aromatic hydroxyl groups is 1. The zero-order valence-corrected chi connectivity index (χ0v) is 12.4. The maximum absolute atomic E-state index is 10.1. The molecule has 0 aliphatic heterocycles. The van der Waals surface area contributed by atoms with Gasteiger partial charge in [0.15, 0.2) is 0 Å². The van der Waals surface area contributed by atoms with Gasteiger partial charge in [-0.1, -0.05) is 35.9 Å². The molecule has 0 saturated carbocycles. The van der Waals surface area contributed by atoms with Gasteiger partial charge in [-0.15, -0.1) is 10.2 Å². The van der Waals surface area contributed by atoms with E-state index in [1.165, 1.54) is 0 Å². The topological polar surface area (TPSA) is 54.2 Å². The number of hydrogen-bond acceptors (Lipinski definition) is 4. The standard InChI is InChI=1S/C18H16N2O2/c1-12-7-8-13-9-10-16(21)18(14(13)11-12)20-19-15-5-3-4-6-17(15)22-2/h3-11,21H,1-2H3/b20-19+. The zero-order valence-electron chi connectivity index (χ0n) is 12.4. The SMILES string of the molecule is COc1ccccc1/N=N/c1c(O)ccc2ccc(C)cc12. The summed E-state index contributed by atoms with van der Waals surface area (Å²) in [6.45, 7) is 2.00. The summed E-state index contributed by atoms with van der Waals surface area (Å²) < 4.78 is 5.25. The van der Waals surface area contributed by atoms with Crippen molar-refractivity contribution in [1.82, 2.24) is 0 Å². The van der Waals surface area contributed by atoms with Gasteiger partial charge in [0, 0.05) is 5.39 Å². The summed E-state index contributed by atoms with van der Waals surface area (Å²) in [5.74, 6) is 0.749. The molecule has 3 aromatic rings. The fourth-order valence-electron chi connectivity index (χ4n) is 2.33. The van der Waals surface area contributed by atoms with Crippen molar-refractivity contribution in [3.05, 3.63) is 60.2 Å². The van der Waals surface area contributed by atoms with Gasteiger partial charge in [0.25, 0.3) is 0 Å². The van der Waals surface area contributed by atoms with Crippen LogP contribution in [0.2, 0.25) is 0 Å². The van der Waals surface area contributed by atoms with Crippen molar-refractivity contribution in [2.75, 3.05) is 7.11 Å². The van der Waals surface area contributed by atoms with E-state index >= 15 is 0 Å². The number of ether oxygens (including phenoxy) is 1. The molecule has 0 saturated heterocycles. The number of fused-ring (bicyclic) bond motifs is 1. The number of phenolic OH excluding ortho intramolecular Hbond substituents is 1. The van der Waals surface area contributed by atoms with Crippen molar-refractivity contribution in [2.24, 2.45) is 10.2 Å². The third-order valence-corrected chi connectivity index (χ3v) is 3.47. The maximum atomic E-state index is 10.1. The molecule has 0 bridgehead atoms. The molecule has 0 fully saturated rings. The summed E-state index contributed by atoms with van der Waals surface area (Å²) in [4.78, 5) is 0. The zero-order chi connectivity index (χ0) is 15.5. The quantitative estimate of drug-likeness (QED) is 0.668. The van der Waals surface area contributed by atoms with E-state index in [0.717, 1.165) is 16.3 Å². The fourth-order valence-corrected chi connectivity index (χ4v) is 2.33. The number of phenols is 1. The number of benzene rings is 3.